The third-order valence-electron chi connectivity index (χ3n) is 3.61. The first kappa shape index (κ1) is 12.4. The standard InChI is InChI=1S/C13H20ClNS/c14-11-8-9-16-13(11)12(15)10-6-4-2-1-3-5-7-10/h8-10,12H,1-7,15H2. The summed E-state index contributed by atoms with van der Waals surface area (Å²) < 4.78 is 0. The first-order valence-electron chi connectivity index (χ1n) is 6.27. The zero-order valence-electron chi connectivity index (χ0n) is 9.62. The lowest BCUT2D eigenvalue weighted by molar-refractivity contribution is 0.330. The van der Waals surface area contributed by atoms with Gasteiger partial charge >= 0.3 is 0 Å². The van der Waals surface area contributed by atoms with Crippen molar-refractivity contribution in [3.8, 4) is 0 Å². The summed E-state index contributed by atoms with van der Waals surface area (Å²) in [5.74, 6) is 0.636. The number of hydrogen-bond acceptors (Lipinski definition) is 2. The molecular formula is C13H20ClNS. The second-order valence-electron chi connectivity index (χ2n) is 4.76. The zero-order valence-corrected chi connectivity index (χ0v) is 11.2. The van der Waals surface area contributed by atoms with Gasteiger partial charge in [0.2, 0.25) is 0 Å². The highest BCUT2D eigenvalue weighted by molar-refractivity contribution is 7.10. The normalized spacial score (nSPS) is 21.4. The maximum Gasteiger partial charge on any atom is 0.0561 e. The Hall–Kier alpha value is -0.0500. The summed E-state index contributed by atoms with van der Waals surface area (Å²) >= 11 is 7.86. The highest BCUT2D eigenvalue weighted by Gasteiger charge is 2.22. The van der Waals surface area contributed by atoms with Crippen molar-refractivity contribution in [1.82, 2.24) is 0 Å². The van der Waals surface area contributed by atoms with Gasteiger partial charge in [-0.3, -0.25) is 0 Å². The SMILES string of the molecule is NC(c1sccc1Cl)C1CCCCCCC1. The molecule has 1 unspecified atom stereocenters. The van der Waals surface area contributed by atoms with Gasteiger partial charge in [-0.25, -0.2) is 0 Å². The van der Waals surface area contributed by atoms with E-state index in [1.165, 1.54) is 49.8 Å². The minimum Gasteiger partial charge on any atom is -0.323 e. The Bertz CT molecular complexity index is 315. The number of hydrogen-bond donors (Lipinski definition) is 1. The van der Waals surface area contributed by atoms with Crippen LogP contribution in [0.5, 0.6) is 0 Å². The van der Waals surface area contributed by atoms with Crippen molar-refractivity contribution in [3.63, 3.8) is 0 Å². The fourth-order valence-electron chi connectivity index (χ4n) is 2.60. The Labute approximate surface area is 107 Å². The third kappa shape index (κ3) is 2.99. The van der Waals surface area contributed by atoms with Gasteiger partial charge in [-0.2, -0.15) is 0 Å². The van der Waals surface area contributed by atoms with Gasteiger partial charge in [0.25, 0.3) is 0 Å². The summed E-state index contributed by atoms with van der Waals surface area (Å²) in [6.07, 6.45) is 9.37. The monoisotopic (exact) mass is 257 g/mol. The Morgan fingerprint density at radius 1 is 1.19 bits per heavy atom. The Balaban J connectivity index is 2.02. The van der Waals surface area contributed by atoms with E-state index in [0.717, 1.165) is 5.02 Å². The van der Waals surface area contributed by atoms with E-state index in [4.69, 9.17) is 17.3 Å². The van der Waals surface area contributed by atoms with Crippen LogP contribution in [0.1, 0.15) is 55.9 Å². The molecule has 0 saturated heterocycles. The summed E-state index contributed by atoms with van der Waals surface area (Å²) in [5, 5.41) is 2.90. The van der Waals surface area contributed by atoms with Gasteiger partial charge in [-0.15, -0.1) is 11.3 Å². The Morgan fingerprint density at radius 2 is 1.81 bits per heavy atom. The topological polar surface area (TPSA) is 26.0 Å². The fraction of sp³-hybridized carbons (Fsp3) is 0.692. The van der Waals surface area contributed by atoms with Gasteiger partial charge < -0.3 is 5.73 Å². The smallest absolute Gasteiger partial charge is 0.0561 e. The quantitative estimate of drug-likeness (QED) is 0.812. The van der Waals surface area contributed by atoms with Crippen molar-refractivity contribution in [2.75, 3.05) is 0 Å². The van der Waals surface area contributed by atoms with Gasteiger partial charge in [0.05, 0.1) is 5.02 Å². The van der Waals surface area contributed by atoms with Gasteiger partial charge in [0, 0.05) is 10.9 Å². The van der Waals surface area contributed by atoms with Crippen LogP contribution in [0.2, 0.25) is 5.02 Å². The molecule has 2 N–H and O–H groups in total. The summed E-state index contributed by atoms with van der Waals surface area (Å²) in [5.41, 5.74) is 6.36. The molecular weight excluding hydrogens is 238 g/mol. The molecule has 1 aromatic heterocycles. The molecule has 90 valence electrons. The average Bonchev–Trinajstić information content (AvgIpc) is 2.63. The van der Waals surface area contributed by atoms with E-state index in [2.05, 4.69) is 0 Å². The van der Waals surface area contributed by atoms with E-state index in [9.17, 15) is 0 Å². The van der Waals surface area contributed by atoms with Crippen LogP contribution in [-0.2, 0) is 0 Å². The maximum absolute atomic E-state index is 6.36. The van der Waals surface area contributed by atoms with Crippen LogP contribution >= 0.6 is 22.9 Å². The molecule has 0 spiro atoms. The van der Waals surface area contributed by atoms with Crippen LogP contribution in [0, 0.1) is 5.92 Å². The minimum absolute atomic E-state index is 0.158. The number of thiophene rings is 1. The first-order chi connectivity index (χ1) is 7.79. The summed E-state index contributed by atoms with van der Waals surface area (Å²) in [7, 11) is 0. The minimum atomic E-state index is 0.158. The van der Waals surface area contributed by atoms with Gasteiger partial charge in [-0.1, -0.05) is 43.7 Å². The van der Waals surface area contributed by atoms with Crippen molar-refractivity contribution in [2.45, 2.75) is 51.0 Å². The van der Waals surface area contributed by atoms with Crippen molar-refractivity contribution in [3.05, 3.63) is 21.3 Å². The molecule has 1 aliphatic carbocycles. The molecule has 2 rings (SSSR count). The van der Waals surface area contributed by atoms with Gasteiger partial charge in [0.15, 0.2) is 0 Å². The number of rotatable bonds is 2. The molecule has 0 aliphatic heterocycles. The molecule has 1 nitrogen and oxygen atoms in total. The van der Waals surface area contributed by atoms with Crippen LogP contribution in [0.15, 0.2) is 11.4 Å². The van der Waals surface area contributed by atoms with Crippen molar-refractivity contribution >= 4 is 22.9 Å². The van der Waals surface area contributed by atoms with Crippen LogP contribution in [0.3, 0.4) is 0 Å². The second-order valence-corrected chi connectivity index (χ2v) is 6.12. The average molecular weight is 258 g/mol. The molecule has 0 amide bonds. The van der Waals surface area contributed by atoms with E-state index in [0.29, 0.717) is 5.92 Å². The first-order valence-corrected chi connectivity index (χ1v) is 7.53. The highest BCUT2D eigenvalue weighted by atomic mass is 35.5. The molecule has 0 aromatic carbocycles. The Kier molecular flexibility index (Phi) is 4.68. The Morgan fingerprint density at radius 3 is 2.38 bits per heavy atom. The molecule has 1 saturated carbocycles. The van der Waals surface area contributed by atoms with E-state index in [-0.39, 0.29) is 6.04 Å². The van der Waals surface area contributed by atoms with E-state index >= 15 is 0 Å². The lowest BCUT2D eigenvalue weighted by atomic mass is 9.85. The van der Waals surface area contributed by atoms with Gasteiger partial charge in [0.1, 0.15) is 0 Å². The van der Waals surface area contributed by atoms with E-state index in [1.54, 1.807) is 11.3 Å². The summed E-state index contributed by atoms with van der Waals surface area (Å²) in [4.78, 5) is 1.19. The summed E-state index contributed by atoms with van der Waals surface area (Å²) in [6, 6.07) is 2.12. The molecule has 1 aliphatic rings. The third-order valence-corrected chi connectivity index (χ3v) is 5.07. The lowest BCUT2D eigenvalue weighted by Crippen LogP contribution is -2.21. The van der Waals surface area contributed by atoms with Crippen molar-refractivity contribution in [2.24, 2.45) is 11.7 Å². The fourth-order valence-corrected chi connectivity index (χ4v) is 3.88. The molecule has 16 heavy (non-hydrogen) atoms. The van der Waals surface area contributed by atoms with Crippen LogP contribution in [-0.4, -0.2) is 0 Å². The number of halogens is 1. The molecule has 1 heterocycles. The molecule has 0 bridgehead atoms. The molecule has 3 heteroatoms. The lowest BCUT2D eigenvalue weighted by Gasteiger charge is -2.25. The second kappa shape index (κ2) is 6.04. The van der Waals surface area contributed by atoms with Crippen molar-refractivity contribution < 1.29 is 0 Å². The van der Waals surface area contributed by atoms with E-state index in [1.807, 2.05) is 11.4 Å². The highest BCUT2D eigenvalue weighted by Crippen LogP contribution is 2.36. The zero-order chi connectivity index (χ0) is 11.4. The predicted octanol–water partition coefficient (Wildman–Crippen LogP) is 4.76. The van der Waals surface area contributed by atoms with Gasteiger partial charge in [-0.05, 0) is 30.2 Å². The van der Waals surface area contributed by atoms with Crippen LogP contribution < -0.4 is 5.73 Å². The van der Waals surface area contributed by atoms with E-state index < -0.39 is 0 Å². The number of nitrogens with two attached hydrogens (primary N) is 1. The van der Waals surface area contributed by atoms with Crippen LogP contribution in [0.4, 0.5) is 0 Å². The predicted molar refractivity (Wildman–Crippen MR) is 72.1 cm³/mol. The largest absolute Gasteiger partial charge is 0.323 e. The molecule has 0 radical (unpaired) electrons. The molecule has 1 atom stereocenters. The van der Waals surface area contributed by atoms with Crippen molar-refractivity contribution in [1.29, 1.82) is 0 Å². The molecule has 1 fully saturated rings. The molecule has 1 aromatic rings. The maximum atomic E-state index is 6.36. The van der Waals surface area contributed by atoms with Crippen LogP contribution in [0.25, 0.3) is 0 Å². The summed E-state index contributed by atoms with van der Waals surface area (Å²) in [6.45, 7) is 0.